The number of rotatable bonds is 6. The summed E-state index contributed by atoms with van der Waals surface area (Å²) in [5, 5.41) is 3.11. The largest absolute Gasteiger partial charge is 0.454 e. The highest BCUT2D eigenvalue weighted by atomic mass is 32.1. The SMILES string of the molecule is NCCc1ccccn1.O.O.O=C(Nc1cccc(-c2ccc(S)cc2)c1)C1(c2ccc3c(c2)OCO3)CC1. The molecule has 0 atom stereocenters. The molecule has 6 rings (SSSR count). The number of aromatic nitrogens is 1. The molecular weight excluding hydrogens is 514 g/mol. The fraction of sp³-hybridized carbons (Fsp3) is 0.200. The Labute approximate surface area is 233 Å². The minimum atomic E-state index is -0.481. The highest BCUT2D eigenvalue weighted by molar-refractivity contribution is 7.80. The summed E-state index contributed by atoms with van der Waals surface area (Å²) in [6, 6.07) is 27.5. The zero-order valence-corrected chi connectivity index (χ0v) is 22.3. The summed E-state index contributed by atoms with van der Waals surface area (Å²) in [5.74, 6) is 1.47. The molecule has 0 radical (unpaired) electrons. The van der Waals surface area contributed by atoms with Crippen LogP contribution in [0.15, 0.2) is 96.0 Å². The van der Waals surface area contributed by atoms with Gasteiger partial charge in [-0.1, -0.05) is 36.4 Å². The van der Waals surface area contributed by atoms with Crippen molar-refractivity contribution in [2.45, 2.75) is 29.6 Å². The van der Waals surface area contributed by atoms with E-state index in [1.165, 1.54) is 0 Å². The van der Waals surface area contributed by atoms with Gasteiger partial charge in [-0.15, -0.1) is 12.6 Å². The number of hydrogen-bond acceptors (Lipinski definition) is 6. The van der Waals surface area contributed by atoms with Crippen molar-refractivity contribution in [3.05, 3.63) is 102 Å². The van der Waals surface area contributed by atoms with Crippen molar-refractivity contribution < 1.29 is 25.2 Å². The summed E-state index contributed by atoms with van der Waals surface area (Å²) < 4.78 is 10.9. The molecule has 0 spiro atoms. The summed E-state index contributed by atoms with van der Waals surface area (Å²) in [6.07, 6.45) is 4.33. The predicted molar refractivity (Wildman–Crippen MR) is 155 cm³/mol. The average molecular weight is 548 g/mol. The van der Waals surface area contributed by atoms with E-state index in [9.17, 15) is 4.79 Å². The monoisotopic (exact) mass is 547 g/mol. The molecule has 1 amide bonds. The molecule has 1 aliphatic carbocycles. The Morgan fingerprint density at radius 1 is 0.897 bits per heavy atom. The Kier molecular flexibility index (Phi) is 10.1. The van der Waals surface area contributed by atoms with Gasteiger partial charge in [-0.05, 0) is 84.6 Å². The second kappa shape index (κ2) is 13.3. The van der Waals surface area contributed by atoms with Gasteiger partial charge in [0.25, 0.3) is 0 Å². The molecule has 39 heavy (non-hydrogen) atoms. The molecule has 3 aromatic carbocycles. The Morgan fingerprint density at radius 3 is 2.36 bits per heavy atom. The van der Waals surface area contributed by atoms with Gasteiger partial charge in [0, 0.05) is 28.9 Å². The van der Waals surface area contributed by atoms with Crippen molar-refractivity contribution >= 4 is 24.2 Å². The number of ether oxygens (including phenoxy) is 2. The van der Waals surface area contributed by atoms with Crippen LogP contribution in [0.5, 0.6) is 11.5 Å². The van der Waals surface area contributed by atoms with Crippen molar-refractivity contribution in [3.63, 3.8) is 0 Å². The number of benzene rings is 3. The van der Waals surface area contributed by atoms with Crippen LogP contribution in [0.4, 0.5) is 5.69 Å². The third kappa shape index (κ3) is 6.96. The Balaban J connectivity index is 0.000000329. The van der Waals surface area contributed by atoms with Crippen LogP contribution in [0.3, 0.4) is 0 Å². The first kappa shape index (κ1) is 29.7. The molecule has 0 bridgehead atoms. The van der Waals surface area contributed by atoms with Gasteiger partial charge in [-0.2, -0.15) is 0 Å². The van der Waals surface area contributed by atoms with Gasteiger partial charge in [0.1, 0.15) is 0 Å². The molecule has 0 saturated heterocycles. The summed E-state index contributed by atoms with van der Waals surface area (Å²) in [4.78, 5) is 18.1. The second-order valence-corrected chi connectivity index (χ2v) is 9.61. The lowest BCUT2D eigenvalue weighted by Gasteiger charge is -2.17. The van der Waals surface area contributed by atoms with Crippen molar-refractivity contribution in [1.29, 1.82) is 0 Å². The highest BCUT2D eigenvalue weighted by Crippen LogP contribution is 2.51. The molecule has 7 N–H and O–H groups in total. The normalized spacial score (nSPS) is 13.6. The number of thiol groups is 1. The van der Waals surface area contributed by atoms with Crippen LogP contribution in [0, 0.1) is 0 Å². The maximum Gasteiger partial charge on any atom is 0.235 e. The number of nitrogens with one attached hydrogen (secondary N) is 1. The molecule has 0 unspecified atom stereocenters. The number of carbonyl (C=O) groups is 1. The molecule has 2 aliphatic rings. The van der Waals surface area contributed by atoms with Crippen LogP contribution >= 0.6 is 12.6 Å². The van der Waals surface area contributed by atoms with Crippen LogP contribution in [0.25, 0.3) is 11.1 Å². The lowest BCUT2D eigenvalue weighted by molar-refractivity contribution is -0.118. The fourth-order valence-corrected chi connectivity index (χ4v) is 4.49. The van der Waals surface area contributed by atoms with Crippen molar-refractivity contribution in [1.82, 2.24) is 4.98 Å². The molecule has 4 aromatic rings. The maximum atomic E-state index is 13.1. The van der Waals surface area contributed by atoms with E-state index in [-0.39, 0.29) is 23.7 Å². The molecule has 1 fully saturated rings. The molecule has 1 aromatic heterocycles. The molecule has 1 saturated carbocycles. The van der Waals surface area contributed by atoms with Gasteiger partial charge >= 0.3 is 0 Å². The Morgan fingerprint density at radius 2 is 1.67 bits per heavy atom. The number of carbonyl (C=O) groups excluding carboxylic acids is 1. The number of hydrogen-bond donors (Lipinski definition) is 3. The zero-order valence-electron chi connectivity index (χ0n) is 21.4. The lowest BCUT2D eigenvalue weighted by atomic mass is 9.94. The van der Waals surface area contributed by atoms with Crippen molar-refractivity contribution in [3.8, 4) is 22.6 Å². The van der Waals surface area contributed by atoms with Crippen LogP contribution in [-0.4, -0.2) is 35.2 Å². The minimum absolute atomic E-state index is 0. The molecule has 8 nitrogen and oxygen atoms in total. The van der Waals surface area contributed by atoms with Crippen molar-refractivity contribution in [2.24, 2.45) is 5.73 Å². The van der Waals surface area contributed by atoms with E-state index in [0.29, 0.717) is 12.3 Å². The number of nitrogens with zero attached hydrogens (tertiary/aromatic N) is 1. The molecule has 1 aliphatic heterocycles. The average Bonchev–Trinajstić information content (AvgIpc) is 3.61. The van der Waals surface area contributed by atoms with E-state index in [4.69, 9.17) is 15.2 Å². The summed E-state index contributed by atoms with van der Waals surface area (Å²) >= 11 is 4.33. The fourth-order valence-electron chi connectivity index (χ4n) is 4.34. The molecule has 9 heteroatoms. The maximum absolute atomic E-state index is 13.1. The van der Waals surface area contributed by atoms with E-state index in [2.05, 4.69) is 22.9 Å². The van der Waals surface area contributed by atoms with Gasteiger partial charge in [-0.25, -0.2) is 0 Å². The van der Waals surface area contributed by atoms with Crippen molar-refractivity contribution in [2.75, 3.05) is 18.7 Å². The van der Waals surface area contributed by atoms with E-state index in [0.717, 1.165) is 58.0 Å². The van der Waals surface area contributed by atoms with Gasteiger partial charge in [0.2, 0.25) is 12.7 Å². The zero-order chi connectivity index (χ0) is 25.7. The van der Waals surface area contributed by atoms with Gasteiger partial charge in [-0.3, -0.25) is 9.78 Å². The number of nitrogens with two attached hydrogens (primary N) is 1. The predicted octanol–water partition coefficient (Wildman–Crippen LogP) is 3.97. The summed E-state index contributed by atoms with van der Waals surface area (Å²) in [7, 11) is 0. The number of pyridine rings is 1. The third-order valence-corrected chi connectivity index (χ3v) is 6.86. The molecular formula is C30H33N3O5S. The summed E-state index contributed by atoms with van der Waals surface area (Å²) in [6.45, 7) is 0.913. The highest BCUT2D eigenvalue weighted by Gasteiger charge is 2.51. The second-order valence-electron chi connectivity index (χ2n) is 9.09. The van der Waals surface area contributed by atoms with Crippen LogP contribution in [-0.2, 0) is 16.6 Å². The Hall–Kier alpha value is -3.89. The standard InChI is InChI=1S/C23H19NO3S.C7H10N2.2H2O/c25-22(23(10-11-23)17-6-9-20-21(13-17)27-14-26-20)24-18-3-1-2-16(12-18)15-4-7-19(28)8-5-15;8-5-4-7-3-1-2-6-9-7;;/h1-9,12-13,28H,10-11,14H2,(H,24,25);1-3,6H,4-5,8H2;2*1H2. The lowest BCUT2D eigenvalue weighted by Crippen LogP contribution is -2.27. The summed E-state index contributed by atoms with van der Waals surface area (Å²) in [5.41, 5.74) is 9.83. The number of fused-ring (bicyclic) bond motifs is 1. The quantitative estimate of drug-likeness (QED) is 0.312. The first-order valence-corrected chi connectivity index (χ1v) is 12.7. The topological polar surface area (TPSA) is 149 Å². The van der Waals surface area contributed by atoms with Crippen LogP contribution in [0.1, 0.15) is 24.1 Å². The van der Waals surface area contributed by atoms with Crippen LogP contribution in [0.2, 0.25) is 0 Å². The first-order valence-electron chi connectivity index (χ1n) is 12.3. The smallest absolute Gasteiger partial charge is 0.235 e. The third-order valence-electron chi connectivity index (χ3n) is 6.56. The molecule has 204 valence electrons. The minimum Gasteiger partial charge on any atom is -0.454 e. The number of anilines is 1. The number of amides is 1. The van der Waals surface area contributed by atoms with E-state index >= 15 is 0 Å². The van der Waals surface area contributed by atoms with Gasteiger partial charge in [0.15, 0.2) is 11.5 Å². The van der Waals surface area contributed by atoms with Gasteiger partial charge < -0.3 is 31.5 Å². The van der Waals surface area contributed by atoms with Crippen LogP contribution < -0.4 is 20.5 Å². The first-order chi connectivity index (χ1) is 18.1. The van der Waals surface area contributed by atoms with E-state index in [1.807, 2.05) is 84.9 Å². The van der Waals surface area contributed by atoms with E-state index in [1.54, 1.807) is 6.20 Å². The van der Waals surface area contributed by atoms with E-state index < -0.39 is 5.41 Å². The molecule has 2 heterocycles. The Bertz CT molecular complexity index is 1380. The van der Waals surface area contributed by atoms with Gasteiger partial charge in [0.05, 0.1) is 5.41 Å².